The van der Waals surface area contributed by atoms with Crippen LogP contribution in [0, 0.1) is 13.0 Å². The average molecular weight is 128 g/mol. The molecular weight excluding hydrogens is 112 g/mol. The zero-order valence-corrected chi connectivity index (χ0v) is 5.90. The Hall–Kier alpha value is -0.0800. The molecule has 0 saturated carbocycles. The summed E-state index contributed by atoms with van der Waals surface area (Å²) in [5, 5.41) is 0. The summed E-state index contributed by atoms with van der Waals surface area (Å²) >= 11 is 0. The maximum atomic E-state index is 5.52. The van der Waals surface area contributed by atoms with E-state index in [-0.39, 0.29) is 0 Å². The van der Waals surface area contributed by atoms with Gasteiger partial charge < -0.3 is 10.6 Å². The first-order chi connectivity index (χ1) is 4.33. The minimum absolute atomic E-state index is 0.787. The molecule has 1 saturated heterocycles. The summed E-state index contributed by atoms with van der Waals surface area (Å²) in [5.74, 6) is 0.787. The predicted octanol–water partition coefficient (Wildman–Crippen LogP) is -0.968. The lowest BCUT2D eigenvalue weighted by molar-refractivity contribution is -0.860. The van der Waals surface area contributed by atoms with Crippen LogP contribution in [-0.2, 0) is 0 Å². The molecule has 1 fully saturated rings. The minimum atomic E-state index is 0.787. The second-order valence-corrected chi connectivity index (χ2v) is 2.93. The van der Waals surface area contributed by atoms with E-state index in [1.165, 1.54) is 30.8 Å². The van der Waals surface area contributed by atoms with Crippen LogP contribution in [0.25, 0.3) is 0 Å². The van der Waals surface area contributed by atoms with Gasteiger partial charge in [0.05, 0.1) is 13.1 Å². The fraction of sp³-hybridized carbons (Fsp3) is 0.857. The summed E-state index contributed by atoms with van der Waals surface area (Å²) < 4.78 is 0. The van der Waals surface area contributed by atoms with Crippen molar-refractivity contribution in [2.75, 3.05) is 19.6 Å². The molecule has 9 heavy (non-hydrogen) atoms. The van der Waals surface area contributed by atoms with Crippen LogP contribution in [0.15, 0.2) is 0 Å². The summed E-state index contributed by atoms with van der Waals surface area (Å²) in [4.78, 5) is 1.42. The van der Waals surface area contributed by atoms with Crippen LogP contribution in [0.3, 0.4) is 0 Å². The van der Waals surface area contributed by atoms with E-state index in [9.17, 15) is 0 Å². The summed E-state index contributed by atoms with van der Waals surface area (Å²) in [6, 6.07) is 0. The van der Waals surface area contributed by atoms with Crippen LogP contribution in [0.4, 0.5) is 0 Å². The smallest absolute Gasteiger partial charge is 0.0533 e. The molecule has 0 aromatic carbocycles. The Morgan fingerprint density at radius 2 is 2.00 bits per heavy atom. The molecule has 0 atom stereocenters. The van der Waals surface area contributed by atoms with Crippen molar-refractivity contribution in [3.63, 3.8) is 0 Å². The van der Waals surface area contributed by atoms with E-state index in [0.29, 0.717) is 0 Å². The van der Waals surface area contributed by atoms with Gasteiger partial charge in [0.15, 0.2) is 0 Å². The van der Waals surface area contributed by atoms with Crippen LogP contribution in [0.2, 0.25) is 0 Å². The largest absolute Gasteiger partial charge is 0.468 e. The molecule has 0 aliphatic carbocycles. The van der Waals surface area contributed by atoms with Gasteiger partial charge in [-0.25, -0.2) is 0 Å². The maximum absolute atomic E-state index is 5.52. The molecule has 0 unspecified atom stereocenters. The van der Waals surface area contributed by atoms with E-state index >= 15 is 0 Å². The van der Waals surface area contributed by atoms with Crippen LogP contribution in [0.5, 0.6) is 0 Å². The maximum Gasteiger partial charge on any atom is 0.0533 e. The van der Waals surface area contributed by atoms with E-state index in [2.05, 4.69) is 7.05 Å². The lowest BCUT2D eigenvalue weighted by atomic mass is 9.98. The quantitative estimate of drug-likeness (QED) is 0.437. The monoisotopic (exact) mass is 128 g/mol. The predicted molar refractivity (Wildman–Crippen MR) is 37.8 cm³/mol. The zero-order valence-electron chi connectivity index (χ0n) is 5.90. The number of nitrogens with one attached hydrogen (secondary N) is 1. The number of likely N-dealkylation sites (tertiary alicyclic amines) is 1. The van der Waals surface area contributed by atoms with Crippen molar-refractivity contribution < 1.29 is 4.90 Å². The van der Waals surface area contributed by atoms with Gasteiger partial charge in [0, 0.05) is 0 Å². The Morgan fingerprint density at radius 3 is 2.44 bits per heavy atom. The third-order valence-electron chi connectivity index (χ3n) is 2.15. The molecule has 0 aromatic heterocycles. The van der Waals surface area contributed by atoms with Crippen LogP contribution < -0.4 is 10.6 Å². The number of piperidine rings is 1. The topological polar surface area (TPSA) is 30.5 Å². The first-order valence-corrected chi connectivity index (χ1v) is 3.69. The molecular formula is C7H16N2. The van der Waals surface area contributed by atoms with Crippen molar-refractivity contribution in [1.82, 2.24) is 0 Å². The van der Waals surface area contributed by atoms with Crippen molar-refractivity contribution >= 4 is 0 Å². The molecule has 1 aliphatic rings. The van der Waals surface area contributed by atoms with Crippen molar-refractivity contribution in [2.45, 2.75) is 12.8 Å². The Bertz CT molecular complexity index is 75.0. The number of nitrogens with two attached hydrogens (primary N) is 1. The highest BCUT2D eigenvalue weighted by atomic mass is 15.1. The van der Waals surface area contributed by atoms with E-state index in [4.69, 9.17) is 5.73 Å². The number of hydrogen-bond donors (Lipinski definition) is 2. The summed E-state index contributed by atoms with van der Waals surface area (Å²) in [7, 11) is 3.94. The standard InChI is InChI=1S/C7H16N2/c1-9-4-2-7(6-8)3-5-9/h7,9H,1-6,8H2. The lowest BCUT2D eigenvalue weighted by Crippen LogP contribution is -3.08. The molecule has 3 N–H and O–H groups in total. The molecule has 1 rings (SSSR count). The molecule has 1 aliphatic heterocycles. The van der Waals surface area contributed by atoms with Gasteiger partial charge in [0.2, 0.25) is 0 Å². The third kappa shape index (κ3) is 1.95. The van der Waals surface area contributed by atoms with Crippen LogP contribution >= 0.6 is 0 Å². The molecule has 0 radical (unpaired) electrons. The van der Waals surface area contributed by atoms with Gasteiger partial charge in [-0.1, -0.05) is 0 Å². The third-order valence-corrected chi connectivity index (χ3v) is 2.15. The van der Waals surface area contributed by atoms with Crippen molar-refractivity contribution in [3.05, 3.63) is 7.05 Å². The highest BCUT2D eigenvalue weighted by Gasteiger charge is 2.14. The van der Waals surface area contributed by atoms with Crippen molar-refractivity contribution in [3.8, 4) is 0 Å². The molecule has 1 heterocycles. The number of rotatable bonds is 1. The zero-order chi connectivity index (χ0) is 6.69. The first-order valence-electron chi connectivity index (χ1n) is 3.69. The van der Waals surface area contributed by atoms with Gasteiger partial charge >= 0.3 is 0 Å². The number of quaternary nitrogens is 1. The second kappa shape index (κ2) is 3.18. The van der Waals surface area contributed by atoms with Gasteiger partial charge in [-0.15, -0.1) is 0 Å². The first kappa shape index (κ1) is 7.03. The van der Waals surface area contributed by atoms with Crippen molar-refractivity contribution in [1.29, 1.82) is 0 Å². The second-order valence-electron chi connectivity index (χ2n) is 2.93. The highest BCUT2D eigenvalue weighted by Crippen LogP contribution is 2.05. The van der Waals surface area contributed by atoms with Crippen molar-refractivity contribution in [2.24, 2.45) is 11.7 Å². The van der Waals surface area contributed by atoms with Gasteiger partial charge in [0.25, 0.3) is 0 Å². The van der Waals surface area contributed by atoms with E-state index in [1.54, 1.807) is 0 Å². The van der Waals surface area contributed by atoms with E-state index in [1.807, 2.05) is 0 Å². The Labute approximate surface area is 57.0 Å². The van der Waals surface area contributed by atoms with E-state index < -0.39 is 0 Å². The highest BCUT2D eigenvalue weighted by molar-refractivity contribution is 4.61. The summed E-state index contributed by atoms with van der Waals surface area (Å²) in [5.41, 5.74) is 5.52. The minimum Gasteiger partial charge on any atom is -0.468 e. The fourth-order valence-corrected chi connectivity index (χ4v) is 1.32. The molecule has 54 valence electrons. The normalized spacial score (nSPS) is 36.7. The summed E-state index contributed by atoms with van der Waals surface area (Å²) in [6.07, 6.45) is 2.55. The molecule has 0 bridgehead atoms. The van der Waals surface area contributed by atoms with Crippen LogP contribution in [-0.4, -0.2) is 19.6 Å². The van der Waals surface area contributed by atoms with Gasteiger partial charge in [-0.2, -0.15) is 7.05 Å². The van der Waals surface area contributed by atoms with Crippen LogP contribution in [0.1, 0.15) is 12.8 Å². The number of hydrogen-bond acceptors (Lipinski definition) is 1. The van der Waals surface area contributed by atoms with Gasteiger partial charge in [-0.05, 0) is 25.3 Å². The molecule has 2 nitrogen and oxygen atoms in total. The molecule has 0 spiro atoms. The Kier molecular flexibility index (Phi) is 2.49. The van der Waals surface area contributed by atoms with Gasteiger partial charge in [-0.3, -0.25) is 0 Å². The Morgan fingerprint density at radius 1 is 1.44 bits per heavy atom. The molecule has 0 amide bonds. The van der Waals surface area contributed by atoms with Gasteiger partial charge in [0.1, 0.15) is 0 Å². The summed E-state index contributed by atoms with van der Waals surface area (Å²) in [6.45, 7) is 3.29. The molecule has 0 aromatic rings. The lowest BCUT2D eigenvalue weighted by Gasteiger charge is -2.30. The SMILES string of the molecule is [CH2-][NH+]1CCC(CN)CC1. The Balaban J connectivity index is 2.18. The van der Waals surface area contributed by atoms with E-state index in [0.717, 1.165) is 12.5 Å². The average Bonchev–Trinajstić information content (AvgIpc) is 1.90. The molecule has 2 heteroatoms. The fourth-order valence-electron chi connectivity index (χ4n) is 1.32.